The second-order valence-electron chi connectivity index (χ2n) is 14.3. The minimum atomic E-state index is -1.15. The smallest absolute Gasteiger partial charge is 0.337 e. The van der Waals surface area contributed by atoms with Gasteiger partial charge < -0.3 is 24.2 Å². The van der Waals surface area contributed by atoms with Gasteiger partial charge in [-0.1, -0.05) is 42.0 Å². The average Bonchev–Trinajstić information content (AvgIpc) is 3.43. The summed E-state index contributed by atoms with van der Waals surface area (Å²) < 4.78 is 21.2. The van der Waals surface area contributed by atoms with Gasteiger partial charge in [-0.05, 0) is 96.7 Å². The molecular weight excluding hydrogens is 590 g/mol. The lowest BCUT2D eigenvalue weighted by atomic mass is 9.92. The molecule has 47 heavy (non-hydrogen) atoms. The minimum Gasteiger partial charge on any atom is -0.490 e. The van der Waals surface area contributed by atoms with Crippen molar-refractivity contribution in [2.24, 2.45) is 0 Å². The quantitative estimate of drug-likeness (QED) is 0.226. The second-order valence-corrected chi connectivity index (χ2v) is 14.3. The van der Waals surface area contributed by atoms with Crippen molar-refractivity contribution in [2.75, 3.05) is 24.6 Å². The van der Waals surface area contributed by atoms with Crippen LogP contribution >= 0.6 is 0 Å². The standard InChI is InChI=1S/C39H47N3O5/c1-25-14-15-32-30(21-25)28-12-10-13-29(23-28)31-24-42-33(40-31)22-26(2)34(35(37(43)44)47-38(4,5)6)36(42)41-18-16-39(7,17-19-41)45-20-9-8-11-27(3)46-32/h8-10,12-15,21-24,27,35H,11,16-20H2,1-7H3,(H,43,44)/b9-8-/t27-,35-/m0/s1. The van der Waals surface area contributed by atoms with Crippen molar-refractivity contribution in [2.45, 2.75) is 91.1 Å². The van der Waals surface area contributed by atoms with Crippen LogP contribution < -0.4 is 9.64 Å². The van der Waals surface area contributed by atoms with Crippen molar-refractivity contribution in [3.05, 3.63) is 83.6 Å². The van der Waals surface area contributed by atoms with Crippen molar-refractivity contribution < 1.29 is 24.1 Å². The fourth-order valence-electron chi connectivity index (χ4n) is 6.64. The Kier molecular flexibility index (Phi) is 8.94. The summed E-state index contributed by atoms with van der Waals surface area (Å²) >= 11 is 0. The Morgan fingerprint density at radius 2 is 1.81 bits per heavy atom. The highest BCUT2D eigenvalue weighted by Gasteiger charge is 2.37. The van der Waals surface area contributed by atoms with E-state index >= 15 is 0 Å². The van der Waals surface area contributed by atoms with E-state index in [1.165, 1.54) is 0 Å². The molecule has 6 bridgehead atoms. The van der Waals surface area contributed by atoms with Gasteiger partial charge in [0.25, 0.3) is 0 Å². The van der Waals surface area contributed by atoms with Crippen LogP contribution in [0.3, 0.4) is 0 Å². The molecule has 3 aliphatic rings. The van der Waals surface area contributed by atoms with E-state index in [2.05, 4.69) is 84.7 Å². The van der Waals surface area contributed by atoms with Crippen LogP contribution in [0.1, 0.15) is 76.7 Å². The molecule has 5 heterocycles. The molecule has 0 amide bonds. The van der Waals surface area contributed by atoms with Crippen LogP contribution in [0.5, 0.6) is 5.75 Å². The fraction of sp³-hybridized carbons (Fsp3) is 0.436. The predicted molar refractivity (Wildman–Crippen MR) is 186 cm³/mol. The Labute approximate surface area is 278 Å². The molecule has 2 atom stereocenters. The number of ether oxygens (including phenoxy) is 3. The number of imidazole rings is 1. The number of piperidine rings is 1. The number of anilines is 1. The van der Waals surface area contributed by atoms with E-state index in [1.54, 1.807) is 0 Å². The number of benzene rings is 2. The van der Waals surface area contributed by atoms with Crippen LogP contribution in [0.15, 0.2) is 66.9 Å². The molecule has 0 spiro atoms. The molecule has 0 aliphatic carbocycles. The highest BCUT2D eigenvalue weighted by atomic mass is 16.5. The molecule has 0 radical (unpaired) electrons. The summed E-state index contributed by atoms with van der Waals surface area (Å²) in [6.45, 7) is 15.9. The lowest BCUT2D eigenvalue weighted by molar-refractivity contribution is -0.160. The summed E-state index contributed by atoms with van der Waals surface area (Å²) in [5, 5.41) is 10.5. The van der Waals surface area contributed by atoms with Gasteiger partial charge in [0, 0.05) is 42.4 Å². The number of nitrogens with zero attached hydrogens (tertiary/aromatic N) is 3. The molecular formula is C39H47N3O5. The number of rotatable bonds is 3. The monoisotopic (exact) mass is 637 g/mol. The summed E-state index contributed by atoms with van der Waals surface area (Å²) in [6.07, 6.45) is 7.48. The first-order chi connectivity index (χ1) is 22.3. The number of carboxylic acids is 1. The van der Waals surface area contributed by atoms with Gasteiger partial charge in [-0.3, -0.25) is 4.40 Å². The number of carbonyl (C=O) groups is 1. The molecule has 8 nitrogen and oxygen atoms in total. The summed E-state index contributed by atoms with van der Waals surface area (Å²) in [7, 11) is 0. The molecule has 1 fully saturated rings. The number of carboxylic acid groups (broad SMARTS) is 1. The third-order valence-electron chi connectivity index (χ3n) is 9.15. The highest BCUT2D eigenvalue weighted by molar-refractivity contribution is 5.80. The van der Waals surface area contributed by atoms with Crippen LogP contribution in [0, 0.1) is 13.8 Å². The van der Waals surface area contributed by atoms with Crippen molar-refractivity contribution in [3.8, 4) is 28.1 Å². The van der Waals surface area contributed by atoms with Gasteiger partial charge in [-0.2, -0.15) is 0 Å². The molecule has 1 saturated heterocycles. The first-order valence-electron chi connectivity index (χ1n) is 16.7. The van der Waals surface area contributed by atoms with E-state index in [0.717, 1.165) is 70.0 Å². The van der Waals surface area contributed by atoms with Gasteiger partial charge in [0.05, 0.1) is 29.6 Å². The Morgan fingerprint density at radius 1 is 1.06 bits per heavy atom. The summed E-state index contributed by atoms with van der Waals surface area (Å²) in [6, 6.07) is 16.7. The predicted octanol–water partition coefficient (Wildman–Crippen LogP) is 8.33. The SMILES string of the molecule is Cc1ccc2c(c1)-c1cccc(c1)-c1cn3c(c([C@H](OC(C)(C)C)C(=O)O)c(C)cc3n1)N1CCC(C)(CC1)OC/C=C\C[C@H](C)O2. The van der Waals surface area contributed by atoms with Crippen LogP contribution in [-0.2, 0) is 14.3 Å². The Bertz CT molecular complexity index is 1810. The van der Waals surface area contributed by atoms with E-state index in [-0.39, 0.29) is 11.7 Å². The number of pyridine rings is 1. The molecule has 8 heteroatoms. The first kappa shape index (κ1) is 32.8. The molecule has 1 N–H and O–H groups in total. The third kappa shape index (κ3) is 7.09. The first-order valence-corrected chi connectivity index (χ1v) is 16.7. The van der Waals surface area contributed by atoms with Gasteiger partial charge in [0.1, 0.15) is 17.2 Å². The molecule has 2 aromatic carbocycles. The molecule has 0 unspecified atom stereocenters. The van der Waals surface area contributed by atoms with E-state index in [1.807, 2.05) is 40.0 Å². The Hall–Kier alpha value is -4.14. The van der Waals surface area contributed by atoms with Crippen molar-refractivity contribution in [1.82, 2.24) is 9.38 Å². The normalized spacial score (nSPS) is 21.7. The number of aromatic nitrogens is 2. The zero-order valence-electron chi connectivity index (χ0n) is 28.7. The van der Waals surface area contributed by atoms with Gasteiger partial charge >= 0.3 is 5.97 Å². The van der Waals surface area contributed by atoms with Crippen molar-refractivity contribution in [1.29, 1.82) is 0 Å². The van der Waals surface area contributed by atoms with Gasteiger partial charge in [0.15, 0.2) is 6.10 Å². The van der Waals surface area contributed by atoms with Gasteiger partial charge in [-0.15, -0.1) is 0 Å². The van der Waals surface area contributed by atoms with E-state index in [4.69, 9.17) is 19.2 Å². The molecule has 2 aromatic heterocycles. The maximum absolute atomic E-state index is 12.8. The third-order valence-corrected chi connectivity index (χ3v) is 9.15. The van der Waals surface area contributed by atoms with Crippen LogP contribution in [0.2, 0.25) is 0 Å². The molecule has 0 saturated carbocycles. The highest BCUT2D eigenvalue weighted by Crippen LogP contribution is 2.40. The number of aryl methyl sites for hydroxylation is 2. The van der Waals surface area contributed by atoms with Gasteiger partial charge in [-0.25, -0.2) is 9.78 Å². The average molecular weight is 638 g/mol. The topological polar surface area (TPSA) is 85.5 Å². The number of hydrogen-bond donors (Lipinski definition) is 1. The van der Waals surface area contributed by atoms with Crippen molar-refractivity contribution >= 4 is 17.4 Å². The van der Waals surface area contributed by atoms with Crippen LogP contribution in [-0.4, -0.2) is 57.5 Å². The summed E-state index contributed by atoms with van der Waals surface area (Å²) in [4.78, 5) is 20.2. The number of hydrogen-bond acceptors (Lipinski definition) is 6. The second kappa shape index (κ2) is 12.8. The minimum absolute atomic E-state index is 0.00787. The summed E-state index contributed by atoms with van der Waals surface area (Å²) in [5.41, 5.74) is 6.29. The van der Waals surface area contributed by atoms with E-state index in [9.17, 15) is 9.90 Å². The largest absolute Gasteiger partial charge is 0.490 e. The molecule has 3 aliphatic heterocycles. The Balaban J connectivity index is 1.55. The number of fused-ring (bicyclic) bond motifs is 7. The lowest BCUT2D eigenvalue weighted by Gasteiger charge is -2.41. The zero-order chi connectivity index (χ0) is 33.5. The molecule has 7 rings (SSSR count). The summed E-state index contributed by atoms with van der Waals surface area (Å²) in [5.74, 6) is 0.639. The van der Waals surface area contributed by atoms with Gasteiger partial charge in [0.2, 0.25) is 0 Å². The fourth-order valence-corrected chi connectivity index (χ4v) is 6.64. The zero-order valence-corrected chi connectivity index (χ0v) is 28.7. The maximum Gasteiger partial charge on any atom is 0.337 e. The lowest BCUT2D eigenvalue weighted by Crippen LogP contribution is -2.45. The van der Waals surface area contributed by atoms with E-state index in [0.29, 0.717) is 25.3 Å². The van der Waals surface area contributed by atoms with Crippen molar-refractivity contribution in [3.63, 3.8) is 0 Å². The maximum atomic E-state index is 12.8. The molecule has 4 aromatic rings. The van der Waals surface area contributed by atoms with Crippen LogP contribution in [0.25, 0.3) is 28.0 Å². The van der Waals surface area contributed by atoms with E-state index < -0.39 is 17.7 Å². The Morgan fingerprint density at radius 3 is 2.53 bits per heavy atom. The van der Waals surface area contributed by atoms with Crippen LogP contribution in [0.4, 0.5) is 5.82 Å². The molecule has 248 valence electrons. The number of aliphatic carboxylic acids is 1.